The van der Waals surface area contributed by atoms with Gasteiger partial charge in [-0.3, -0.25) is 9.59 Å². The van der Waals surface area contributed by atoms with Crippen LogP contribution in [0.3, 0.4) is 0 Å². The second-order valence-corrected chi connectivity index (χ2v) is 5.24. The molecule has 0 aliphatic heterocycles. The highest BCUT2D eigenvalue weighted by molar-refractivity contribution is 5.95. The fraction of sp³-hybridized carbons (Fsp3) is 0.571. The van der Waals surface area contributed by atoms with Gasteiger partial charge in [-0.1, -0.05) is 0 Å². The van der Waals surface area contributed by atoms with E-state index in [-0.39, 0.29) is 29.7 Å². The first-order chi connectivity index (χ1) is 9.11. The zero-order valence-electron chi connectivity index (χ0n) is 11.1. The number of pyridine rings is 1. The van der Waals surface area contributed by atoms with E-state index in [4.69, 9.17) is 5.11 Å². The third-order valence-corrected chi connectivity index (χ3v) is 3.84. The SMILES string of the molecule is Cc1cc[nH]c(=O)c1C(=O)NC1CCC(CO)CC1. The second-order valence-electron chi connectivity index (χ2n) is 5.24. The Balaban J connectivity index is 2.00. The van der Waals surface area contributed by atoms with Gasteiger partial charge in [-0.25, -0.2) is 0 Å². The molecule has 0 saturated heterocycles. The summed E-state index contributed by atoms with van der Waals surface area (Å²) in [5.41, 5.74) is 0.540. The van der Waals surface area contributed by atoms with Crippen LogP contribution in [0.1, 0.15) is 41.6 Å². The Kier molecular flexibility index (Phi) is 4.37. The summed E-state index contributed by atoms with van der Waals surface area (Å²) in [6, 6.07) is 1.83. The van der Waals surface area contributed by atoms with E-state index in [1.54, 1.807) is 19.2 Å². The van der Waals surface area contributed by atoms with Gasteiger partial charge < -0.3 is 15.4 Å². The summed E-state index contributed by atoms with van der Waals surface area (Å²) >= 11 is 0. The van der Waals surface area contributed by atoms with Gasteiger partial charge in [0.15, 0.2) is 0 Å². The highest BCUT2D eigenvalue weighted by Crippen LogP contribution is 2.23. The standard InChI is InChI=1S/C14H20N2O3/c1-9-6-7-15-13(18)12(9)14(19)16-11-4-2-10(8-17)3-5-11/h6-7,10-11,17H,2-5,8H2,1H3,(H,15,18)(H,16,19). The van der Waals surface area contributed by atoms with Crippen LogP contribution in [-0.2, 0) is 0 Å². The lowest BCUT2D eigenvalue weighted by Crippen LogP contribution is -2.40. The van der Waals surface area contributed by atoms with Gasteiger partial charge in [0.05, 0.1) is 0 Å². The number of rotatable bonds is 3. The molecule has 0 radical (unpaired) electrons. The molecule has 2 rings (SSSR count). The van der Waals surface area contributed by atoms with Gasteiger partial charge in [-0.2, -0.15) is 0 Å². The van der Waals surface area contributed by atoms with Gasteiger partial charge in [-0.05, 0) is 50.2 Å². The fourth-order valence-electron chi connectivity index (χ4n) is 2.61. The Hall–Kier alpha value is -1.62. The van der Waals surface area contributed by atoms with E-state index in [0.29, 0.717) is 11.5 Å². The van der Waals surface area contributed by atoms with E-state index in [9.17, 15) is 9.59 Å². The molecular weight excluding hydrogens is 244 g/mol. The average Bonchev–Trinajstić information content (AvgIpc) is 2.39. The highest BCUT2D eigenvalue weighted by atomic mass is 16.3. The number of aromatic nitrogens is 1. The molecule has 1 aromatic heterocycles. The Morgan fingerprint density at radius 3 is 2.68 bits per heavy atom. The lowest BCUT2D eigenvalue weighted by Gasteiger charge is -2.28. The normalized spacial score (nSPS) is 23.1. The van der Waals surface area contributed by atoms with E-state index in [1.165, 1.54) is 0 Å². The van der Waals surface area contributed by atoms with Crippen molar-refractivity contribution in [3.63, 3.8) is 0 Å². The van der Waals surface area contributed by atoms with Crippen LogP contribution in [0, 0.1) is 12.8 Å². The summed E-state index contributed by atoms with van der Waals surface area (Å²) in [5.74, 6) is 0.0572. The van der Waals surface area contributed by atoms with E-state index >= 15 is 0 Å². The second kappa shape index (κ2) is 6.02. The molecule has 104 valence electrons. The number of aromatic amines is 1. The molecular formula is C14H20N2O3. The minimum atomic E-state index is -0.346. The first-order valence-corrected chi connectivity index (χ1v) is 6.72. The van der Waals surface area contributed by atoms with Gasteiger partial charge in [0.25, 0.3) is 11.5 Å². The summed E-state index contributed by atoms with van der Waals surface area (Å²) in [5, 5.41) is 12.0. The van der Waals surface area contributed by atoms with Crippen LogP contribution in [0.2, 0.25) is 0 Å². The molecule has 1 fully saturated rings. The van der Waals surface area contributed by atoms with Gasteiger partial charge in [-0.15, -0.1) is 0 Å². The number of aliphatic hydroxyl groups excluding tert-OH is 1. The third kappa shape index (κ3) is 3.23. The molecule has 1 aliphatic rings. The lowest BCUT2D eigenvalue weighted by molar-refractivity contribution is 0.0912. The lowest BCUT2D eigenvalue weighted by atomic mass is 9.86. The van der Waals surface area contributed by atoms with Gasteiger partial charge >= 0.3 is 0 Å². The van der Waals surface area contributed by atoms with Crippen molar-refractivity contribution in [1.29, 1.82) is 0 Å². The van der Waals surface area contributed by atoms with Crippen LogP contribution in [0.5, 0.6) is 0 Å². The van der Waals surface area contributed by atoms with Crippen molar-refractivity contribution in [2.24, 2.45) is 5.92 Å². The number of carbonyl (C=O) groups is 1. The van der Waals surface area contributed by atoms with Crippen LogP contribution in [0.25, 0.3) is 0 Å². The number of carbonyl (C=O) groups excluding carboxylic acids is 1. The van der Waals surface area contributed by atoms with Crippen molar-refractivity contribution in [3.05, 3.63) is 33.7 Å². The van der Waals surface area contributed by atoms with Crippen molar-refractivity contribution in [3.8, 4) is 0 Å². The van der Waals surface area contributed by atoms with Crippen molar-refractivity contribution >= 4 is 5.91 Å². The Morgan fingerprint density at radius 2 is 2.11 bits per heavy atom. The Morgan fingerprint density at radius 1 is 1.42 bits per heavy atom. The molecule has 1 saturated carbocycles. The number of amides is 1. The average molecular weight is 264 g/mol. The predicted octanol–water partition coefficient (Wildman–Crippen LogP) is 0.964. The van der Waals surface area contributed by atoms with Crippen LogP contribution in [0.4, 0.5) is 0 Å². The minimum Gasteiger partial charge on any atom is -0.396 e. The first kappa shape index (κ1) is 13.8. The predicted molar refractivity (Wildman–Crippen MR) is 72.1 cm³/mol. The van der Waals surface area contributed by atoms with E-state index < -0.39 is 0 Å². The molecule has 3 N–H and O–H groups in total. The summed E-state index contributed by atoms with van der Waals surface area (Å²) in [7, 11) is 0. The van der Waals surface area contributed by atoms with Crippen molar-refractivity contribution in [2.75, 3.05) is 6.61 Å². The largest absolute Gasteiger partial charge is 0.396 e. The summed E-state index contributed by atoms with van der Waals surface area (Å²) in [6.45, 7) is 1.98. The molecule has 0 unspecified atom stereocenters. The molecule has 5 heteroatoms. The van der Waals surface area contributed by atoms with Crippen LogP contribution < -0.4 is 10.9 Å². The smallest absolute Gasteiger partial charge is 0.261 e. The van der Waals surface area contributed by atoms with Crippen LogP contribution in [0.15, 0.2) is 17.1 Å². The monoisotopic (exact) mass is 264 g/mol. The number of hydrogen-bond acceptors (Lipinski definition) is 3. The van der Waals surface area contributed by atoms with Crippen LogP contribution in [-0.4, -0.2) is 28.6 Å². The number of hydrogen-bond donors (Lipinski definition) is 3. The Labute approximate surface area is 112 Å². The van der Waals surface area contributed by atoms with Gasteiger partial charge in [0, 0.05) is 18.8 Å². The molecule has 0 aromatic carbocycles. The number of aliphatic hydroxyl groups is 1. The maximum Gasteiger partial charge on any atom is 0.261 e. The highest BCUT2D eigenvalue weighted by Gasteiger charge is 2.23. The maximum atomic E-state index is 12.1. The molecule has 1 heterocycles. The molecule has 5 nitrogen and oxygen atoms in total. The van der Waals surface area contributed by atoms with E-state index in [2.05, 4.69) is 10.3 Å². The topological polar surface area (TPSA) is 82.2 Å². The van der Waals surface area contributed by atoms with Gasteiger partial charge in [0.1, 0.15) is 5.56 Å². The molecule has 0 spiro atoms. The molecule has 0 bridgehead atoms. The molecule has 0 atom stereocenters. The van der Waals surface area contributed by atoms with Crippen LogP contribution >= 0.6 is 0 Å². The molecule has 1 aromatic rings. The van der Waals surface area contributed by atoms with Gasteiger partial charge in [0.2, 0.25) is 0 Å². The summed E-state index contributed by atoms with van der Waals surface area (Å²) in [4.78, 5) is 26.3. The third-order valence-electron chi connectivity index (χ3n) is 3.84. The fourth-order valence-corrected chi connectivity index (χ4v) is 2.61. The van der Waals surface area contributed by atoms with E-state index in [1.807, 2.05) is 0 Å². The molecule has 19 heavy (non-hydrogen) atoms. The number of aryl methyl sites for hydroxylation is 1. The van der Waals surface area contributed by atoms with Crippen molar-refractivity contribution in [1.82, 2.24) is 10.3 Å². The quantitative estimate of drug-likeness (QED) is 0.760. The molecule has 1 amide bonds. The van der Waals surface area contributed by atoms with E-state index in [0.717, 1.165) is 25.7 Å². The number of H-pyrrole nitrogens is 1. The summed E-state index contributed by atoms with van der Waals surface area (Å²) < 4.78 is 0. The van der Waals surface area contributed by atoms with Crippen molar-refractivity contribution in [2.45, 2.75) is 38.6 Å². The first-order valence-electron chi connectivity index (χ1n) is 6.72. The Bertz CT molecular complexity index is 502. The minimum absolute atomic E-state index is 0.106. The van der Waals surface area contributed by atoms with Crippen molar-refractivity contribution < 1.29 is 9.90 Å². The molecule has 1 aliphatic carbocycles. The maximum absolute atomic E-state index is 12.1. The zero-order valence-corrected chi connectivity index (χ0v) is 11.1. The zero-order chi connectivity index (χ0) is 13.8. The summed E-state index contributed by atoms with van der Waals surface area (Å²) in [6.07, 6.45) is 5.11. The number of nitrogens with one attached hydrogen (secondary N) is 2.